The Morgan fingerprint density at radius 3 is 2.48 bits per heavy atom. The molecule has 8 heteroatoms. The summed E-state index contributed by atoms with van der Waals surface area (Å²) in [5.74, 6) is 1.62. The zero-order valence-corrected chi connectivity index (χ0v) is 19.9. The molecule has 0 aliphatic heterocycles. The number of aliphatic imine (C=N–C) groups is 1. The zero-order valence-electron chi connectivity index (χ0n) is 17.6. The number of benzene rings is 2. The Bertz CT molecular complexity index is 973. The smallest absolute Gasteiger partial charge is 0.291 e. The van der Waals surface area contributed by atoms with Crippen LogP contribution in [0, 0.1) is 0 Å². The second kappa shape index (κ2) is 12.6. The van der Waals surface area contributed by atoms with Crippen LogP contribution in [0.4, 0.5) is 5.69 Å². The van der Waals surface area contributed by atoms with E-state index >= 15 is 0 Å². The average molecular weight is 534 g/mol. The van der Waals surface area contributed by atoms with Crippen molar-refractivity contribution < 1.29 is 13.9 Å². The summed E-state index contributed by atoms with van der Waals surface area (Å²) in [7, 11) is 3.42. The van der Waals surface area contributed by atoms with Gasteiger partial charge in [-0.1, -0.05) is 30.3 Å². The molecule has 0 unspecified atom stereocenters. The van der Waals surface area contributed by atoms with E-state index in [1.54, 1.807) is 26.3 Å². The molecule has 0 aliphatic rings. The van der Waals surface area contributed by atoms with Gasteiger partial charge in [0.05, 0.1) is 13.4 Å². The van der Waals surface area contributed by atoms with Gasteiger partial charge >= 0.3 is 0 Å². The number of hydrogen-bond donors (Lipinski definition) is 3. The van der Waals surface area contributed by atoms with Crippen molar-refractivity contribution in [3.8, 4) is 5.75 Å². The number of carbonyl (C=O) groups is 1. The fraction of sp³-hybridized carbons (Fsp3) is 0.217. The van der Waals surface area contributed by atoms with Crippen molar-refractivity contribution in [2.24, 2.45) is 4.99 Å². The predicted molar refractivity (Wildman–Crippen MR) is 133 cm³/mol. The van der Waals surface area contributed by atoms with Crippen molar-refractivity contribution in [1.29, 1.82) is 0 Å². The maximum absolute atomic E-state index is 12.0. The van der Waals surface area contributed by atoms with Crippen LogP contribution in [0.5, 0.6) is 5.75 Å². The van der Waals surface area contributed by atoms with Crippen LogP contribution in [0.25, 0.3) is 0 Å². The van der Waals surface area contributed by atoms with Crippen LogP contribution in [0.15, 0.2) is 76.3 Å². The summed E-state index contributed by atoms with van der Waals surface area (Å²) in [5, 5.41) is 9.40. The number of furan rings is 1. The van der Waals surface area contributed by atoms with Crippen molar-refractivity contribution >= 4 is 41.5 Å². The van der Waals surface area contributed by atoms with Crippen LogP contribution in [0.2, 0.25) is 0 Å². The second-order valence-corrected chi connectivity index (χ2v) is 6.54. The minimum atomic E-state index is -0.273. The number of rotatable bonds is 8. The number of nitrogens with one attached hydrogen (secondary N) is 3. The molecule has 0 saturated heterocycles. The number of nitrogens with zero attached hydrogens (tertiary/aromatic N) is 1. The molecule has 1 heterocycles. The summed E-state index contributed by atoms with van der Waals surface area (Å²) >= 11 is 0. The van der Waals surface area contributed by atoms with Gasteiger partial charge in [-0.15, -0.1) is 24.0 Å². The van der Waals surface area contributed by atoms with Gasteiger partial charge in [0.15, 0.2) is 11.7 Å². The zero-order chi connectivity index (χ0) is 21.2. The lowest BCUT2D eigenvalue weighted by Gasteiger charge is -2.13. The van der Waals surface area contributed by atoms with Crippen molar-refractivity contribution in [1.82, 2.24) is 10.6 Å². The van der Waals surface area contributed by atoms with Gasteiger partial charge in [0.25, 0.3) is 5.91 Å². The molecule has 0 saturated carbocycles. The lowest BCUT2D eigenvalue weighted by atomic mass is 10.1. The molecule has 164 valence electrons. The summed E-state index contributed by atoms with van der Waals surface area (Å²) in [5.41, 5.74) is 2.92. The Kier molecular flexibility index (Phi) is 9.89. The summed E-state index contributed by atoms with van der Waals surface area (Å²) in [6.07, 6.45) is 2.30. The van der Waals surface area contributed by atoms with Gasteiger partial charge in [0, 0.05) is 25.8 Å². The number of amides is 1. The molecule has 0 radical (unpaired) electrons. The van der Waals surface area contributed by atoms with Gasteiger partial charge in [0.1, 0.15) is 5.75 Å². The van der Waals surface area contributed by atoms with E-state index in [0.717, 1.165) is 35.8 Å². The normalized spacial score (nSPS) is 10.7. The van der Waals surface area contributed by atoms with Crippen LogP contribution in [0.3, 0.4) is 0 Å². The fourth-order valence-corrected chi connectivity index (χ4v) is 2.94. The topological polar surface area (TPSA) is 87.9 Å². The van der Waals surface area contributed by atoms with E-state index < -0.39 is 0 Å². The van der Waals surface area contributed by atoms with E-state index in [2.05, 4.69) is 27.0 Å². The van der Waals surface area contributed by atoms with E-state index in [4.69, 9.17) is 9.15 Å². The lowest BCUT2D eigenvalue weighted by Crippen LogP contribution is -2.37. The van der Waals surface area contributed by atoms with E-state index in [1.807, 2.05) is 42.5 Å². The first-order valence-corrected chi connectivity index (χ1v) is 9.70. The van der Waals surface area contributed by atoms with Gasteiger partial charge in [-0.25, -0.2) is 0 Å². The summed E-state index contributed by atoms with van der Waals surface area (Å²) in [6, 6.07) is 18.9. The molecule has 0 atom stereocenters. The molecular formula is C23H27IN4O3. The third-order valence-electron chi connectivity index (χ3n) is 4.52. The van der Waals surface area contributed by atoms with Gasteiger partial charge < -0.3 is 25.1 Å². The predicted octanol–water partition coefficient (Wildman–Crippen LogP) is 4.07. The van der Waals surface area contributed by atoms with E-state index in [1.165, 1.54) is 6.26 Å². The molecule has 3 N–H and O–H groups in total. The van der Waals surface area contributed by atoms with Gasteiger partial charge in [0.2, 0.25) is 0 Å². The molecule has 3 aromatic rings. The highest BCUT2D eigenvalue weighted by atomic mass is 127. The molecule has 0 bridgehead atoms. The third kappa shape index (κ3) is 7.32. The van der Waals surface area contributed by atoms with E-state index in [9.17, 15) is 4.79 Å². The van der Waals surface area contributed by atoms with Crippen molar-refractivity contribution in [3.63, 3.8) is 0 Å². The molecule has 31 heavy (non-hydrogen) atoms. The molecule has 1 amide bonds. The number of para-hydroxylation sites is 1. The second-order valence-electron chi connectivity index (χ2n) is 6.54. The molecule has 7 nitrogen and oxygen atoms in total. The highest BCUT2D eigenvalue weighted by Gasteiger charge is 2.08. The first-order chi connectivity index (χ1) is 14.7. The highest BCUT2D eigenvalue weighted by Crippen LogP contribution is 2.17. The summed E-state index contributed by atoms with van der Waals surface area (Å²) in [6.45, 7) is 1.35. The summed E-state index contributed by atoms with van der Waals surface area (Å²) < 4.78 is 10.5. The number of anilines is 1. The number of hydrogen-bond acceptors (Lipinski definition) is 4. The Hall–Kier alpha value is -3.01. The van der Waals surface area contributed by atoms with Gasteiger partial charge in [-0.2, -0.15) is 0 Å². The fourth-order valence-electron chi connectivity index (χ4n) is 2.94. The monoisotopic (exact) mass is 534 g/mol. The Morgan fingerprint density at radius 2 is 1.81 bits per heavy atom. The lowest BCUT2D eigenvalue weighted by molar-refractivity contribution is 0.0996. The number of methoxy groups -OCH3 is 1. The van der Waals surface area contributed by atoms with Crippen LogP contribution in [-0.2, 0) is 13.0 Å². The Morgan fingerprint density at radius 1 is 1.03 bits per heavy atom. The Labute approximate surface area is 199 Å². The Balaban J connectivity index is 0.00000341. The first kappa shape index (κ1) is 24.3. The maximum atomic E-state index is 12.0. The molecule has 1 aromatic heterocycles. The number of halogens is 1. The van der Waals surface area contributed by atoms with E-state index in [-0.39, 0.29) is 35.6 Å². The van der Waals surface area contributed by atoms with Crippen molar-refractivity contribution in [2.45, 2.75) is 13.0 Å². The summed E-state index contributed by atoms with van der Waals surface area (Å²) in [4.78, 5) is 16.3. The first-order valence-electron chi connectivity index (χ1n) is 9.70. The molecule has 2 aromatic carbocycles. The number of carbonyl (C=O) groups excluding carboxylic acids is 1. The van der Waals surface area contributed by atoms with Crippen LogP contribution < -0.4 is 20.7 Å². The van der Waals surface area contributed by atoms with Crippen LogP contribution in [-0.4, -0.2) is 32.6 Å². The molecule has 0 aliphatic carbocycles. The largest absolute Gasteiger partial charge is 0.496 e. The SMILES string of the molecule is CN=C(NCCc1ccccc1OC)NCc1ccc(NC(=O)c2ccco2)cc1.I. The van der Waals surface area contributed by atoms with Crippen molar-refractivity contribution in [3.05, 3.63) is 83.8 Å². The molecule has 0 fully saturated rings. The molecular weight excluding hydrogens is 507 g/mol. The standard InChI is InChI=1S/C23H26N4O3.HI/c1-24-23(25-14-13-18-6-3-4-7-20(18)29-2)26-16-17-9-11-19(12-10-17)27-22(28)21-8-5-15-30-21;/h3-12,15H,13-14,16H2,1-2H3,(H,27,28)(H2,24,25,26);1H. The molecule has 0 spiro atoms. The van der Waals surface area contributed by atoms with Gasteiger partial charge in [-0.05, 0) is 47.9 Å². The number of ether oxygens (including phenoxy) is 1. The number of guanidine groups is 1. The average Bonchev–Trinajstić information content (AvgIpc) is 3.32. The minimum Gasteiger partial charge on any atom is -0.496 e. The van der Waals surface area contributed by atoms with Crippen LogP contribution in [0.1, 0.15) is 21.7 Å². The highest BCUT2D eigenvalue weighted by molar-refractivity contribution is 14.0. The van der Waals surface area contributed by atoms with Crippen LogP contribution >= 0.6 is 24.0 Å². The molecule has 3 rings (SSSR count). The van der Waals surface area contributed by atoms with E-state index in [0.29, 0.717) is 12.2 Å². The van der Waals surface area contributed by atoms with Crippen molar-refractivity contribution in [2.75, 3.05) is 26.0 Å². The third-order valence-corrected chi connectivity index (χ3v) is 4.52. The van der Waals surface area contributed by atoms with Gasteiger partial charge in [-0.3, -0.25) is 9.79 Å². The quantitative estimate of drug-likeness (QED) is 0.231. The maximum Gasteiger partial charge on any atom is 0.291 e. The minimum absolute atomic E-state index is 0.